The molecule has 48 heavy (non-hydrogen) atoms. The smallest absolute Gasteiger partial charge is 0.338 e. The van der Waals surface area contributed by atoms with Crippen molar-refractivity contribution in [2.24, 2.45) is 4.99 Å². The number of hydrogen-bond donors (Lipinski definition) is 0. The molecule has 13 heteroatoms. The van der Waals surface area contributed by atoms with Crippen molar-refractivity contribution in [2.75, 3.05) is 6.61 Å². The molecule has 0 saturated heterocycles. The lowest BCUT2D eigenvalue weighted by Gasteiger charge is -2.25. The maximum atomic E-state index is 14.1. The summed E-state index contributed by atoms with van der Waals surface area (Å²) in [4.78, 5) is 43.4. The summed E-state index contributed by atoms with van der Waals surface area (Å²) >= 11 is 8.28. The average molecular weight is 793 g/mol. The molecule has 0 N–H and O–H groups in total. The van der Waals surface area contributed by atoms with E-state index in [-0.39, 0.29) is 30.0 Å². The summed E-state index contributed by atoms with van der Waals surface area (Å²) < 4.78 is 28.5. The van der Waals surface area contributed by atoms with E-state index in [1.165, 1.54) is 40.2 Å². The van der Waals surface area contributed by atoms with Crippen molar-refractivity contribution in [1.29, 1.82) is 0 Å². The van der Waals surface area contributed by atoms with E-state index in [1.807, 2.05) is 30.3 Å². The molecule has 4 aromatic carbocycles. The summed E-state index contributed by atoms with van der Waals surface area (Å²) in [5.41, 5.74) is 2.77. The van der Waals surface area contributed by atoms with Crippen molar-refractivity contribution in [3.63, 3.8) is 0 Å². The lowest BCUT2D eigenvalue weighted by Crippen LogP contribution is -2.40. The van der Waals surface area contributed by atoms with Crippen LogP contribution in [0.4, 0.5) is 10.1 Å². The van der Waals surface area contributed by atoms with Gasteiger partial charge in [-0.1, -0.05) is 53.8 Å². The summed E-state index contributed by atoms with van der Waals surface area (Å²) in [5, 5.41) is 11.0. The highest BCUT2D eigenvalue weighted by Crippen LogP contribution is 2.37. The van der Waals surface area contributed by atoms with Crippen LogP contribution in [0, 0.1) is 15.9 Å². The van der Waals surface area contributed by atoms with Crippen LogP contribution in [-0.4, -0.2) is 22.1 Å². The van der Waals surface area contributed by atoms with Gasteiger partial charge in [0, 0.05) is 17.7 Å². The van der Waals surface area contributed by atoms with Gasteiger partial charge < -0.3 is 9.47 Å². The Morgan fingerprint density at radius 2 is 1.71 bits per heavy atom. The topological polar surface area (TPSA) is 113 Å². The lowest BCUT2D eigenvalue weighted by atomic mass is 9.93. The molecule has 242 valence electrons. The molecule has 2 heterocycles. The second-order valence-corrected chi connectivity index (χ2v) is 13.2. The minimum Gasteiger partial charge on any atom is -0.487 e. The molecule has 0 bridgehead atoms. The van der Waals surface area contributed by atoms with Gasteiger partial charge in [0.15, 0.2) is 4.80 Å². The number of non-ortho nitro benzene ring substituents is 1. The number of esters is 1. The molecule has 0 fully saturated rings. The Bertz CT molecular complexity index is 2230. The SMILES string of the molecule is CCOC(=O)C1=C(c2ccccc2)N=c2s/c(=C\c3cc(Br)c(OCc4ccc([N+](=O)[O-])cc4)c(Br)c3)c(=O)n2[C@@H]1c1ccc(F)cc1. The number of rotatable bonds is 9. The van der Waals surface area contributed by atoms with Crippen molar-refractivity contribution in [3.05, 3.63) is 163 Å². The normalized spacial score (nSPS) is 14.3. The predicted molar refractivity (Wildman–Crippen MR) is 187 cm³/mol. The molecule has 1 aliphatic heterocycles. The molecule has 0 spiro atoms. The largest absolute Gasteiger partial charge is 0.487 e. The van der Waals surface area contributed by atoms with Gasteiger partial charge in [0.1, 0.15) is 18.2 Å². The first-order chi connectivity index (χ1) is 23.1. The van der Waals surface area contributed by atoms with Crippen LogP contribution in [0.5, 0.6) is 5.75 Å². The second-order valence-electron chi connectivity index (χ2n) is 10.5. The molecular formula is C35H24Br2FN3O6S. The summed E-state index contributed by atoms with van der Waals surface area (Å²) in [5.74, 6) is -0.567. The Labute approximate surface area is 293 Å². The van der Waals surface area contributed by atoms with E-state index in [0.29, 0.717) is 46.4 Å². The van der Waals surface area contributed by atoms with Crippen LogP contribution in [0.2, 0.25) is 0 Å². The van der Waals surface area contributed by atoms with Gasteiger partial charge in [-0.3, -0.25) is 19.5 Å². The number of ether oxygens (including phenoxy) is 2. The molecule has 6 rings (SSSR count). The maximum absolute atomic E-state index is 14.1. The zero-order valence-corrected chi connectivity index (χ0v) is 29.1. The number of halogens is 3. The van der Waals surface area contributed by atoms with Crippen LogP contribution in [0.25, 0.3) is 11.8 Å². The monoisotopic (exact) mass is 791 g/mol. The Balaban J connectivity index is 1.43. The fourth-order valence-corrected chi connectivity index (χ4v) is 7.67. The summed E-state index contributed by atoms with van der Waals surface area (Å²) in [6, 6.07) is 23.6. The van der Waals surface area contributed by atoms with Crippen molar-refractivity contribution in [3.8, 4) is 5.75 Å². The number of carbonyl (C=O) groups excluding carboxylic acids is 1. The molecule has 5 aromatic rings. The number of fused-ring (bicyclic) bond motifs is 1. The van der Waals surface area contributed by atoms with E-state index in [9.17, 15) is 24.1 Å². The number of aromatic nitrogens is 1. The van der Waals surface area contributed by atoms with E-state index in [2.05, 4.69) is 31.9 Å². The average Bonchev–Trinajstić information content (AvgIpc) is 3.38. The number of nitro benzene ring substituents is 1. The number of hydrogen-bond acceptors (Lipinski definition) is 8. The van der Waals surface area contributed by atoms with Crippen molar-refractivity contribution >= 4 is 66.6 Å². The zero-order chi connectivity index (χ0) is 33.9. The Morgan fingerprint density at radius 1 is 1.04 bits per heavy atom. The van der Waals surface area contributed by atoms with E-state index >= 15 is 0 Å². The van der Waals surface area contributed by atoms with E-state index in [1.54, 1.807) is 49.4 Å². The van der Waals surface area contributed by atoms with Crippen LogP contribution in [0.15, 0.2) is 115 Å². The fraction of sp³-hybridized carbons (Fsp3) is 0.114. The summed E-state index contributed by atoms with van der Waals surface area (Å²) in [7, 11) is 0. The van der Waals surface area contributed by atoms with Gasteiger partial charge in [-0.05, 0) is 97.9 Å². The quantitative estimate of drug-likeness (QED) is 0.0896. The van der Waals surface area contributed by atoms with Crippen LogP contribution < -0.4 is 19.6 Å². The standard InChI is InChI=1S/C35H24Br2FN3O6S/c1-2-46-34(43)29-30(22-6-4-3-5-7-22)39-35-40(31(29)23-10-12-24(38)13-11-23)33(42)28(48-35)18-21-16-26(36)32(27(37)17-21)47-19-20-8-14-25(15-9-20)41(44)45/h3-18,31H,2,19H2,1H3/b28-18-/t31-/m1/s1. The van der Waals surface area contributed by atoms with Crippen molar-refractivity contribution < 1.29 is 23.6 Å². The highest BCUT2D eigenvalue weighted by molar-refractivity contribution is 9.11. The van der Waals surface area contributed by atoms with Gasteiger partial charge in [0.2, 0.25) is 0 Å². The van der Waals surface area contributed by atoms with Crippen LogP contribution >= 0.6 is 43.2 Å². The highest BCUT2D eigenvalue weighted by Gasteiger charge is 2.35. The third-order valence-corrected chi connectivity index (χ3v) is 9.57. The minimum absolute atomic E-state index is 0.00635. The zero-order valence-electron chi connectivity index (χ0n) is 25.1. The van der Waals surface area contributed by atoms with Gasteiger partial charge in [0.05, 0.1) is 42.3 Å². The maximum Gasteiger partial charge on any atom is 0.338 e. The van der Waals surface area contributed by atoms with Crippen molar-refractivity contribution in [1.82, 2.24) is 4.57 Å². The van der Waals surface area contributed by atoms with Gasteiger partial charge >= 0.3 is 5.97 Å². The van der Waals surface area contributed by atoms with Gasteiger partial charge in [0.25, 0.3) is 11.2 Å². The van der Waals surface area contributed by atoms with Gasteiger partial charge in [-0.15, -0.1) is 0 Å². The molecule has 0 amide bonds. The highest BCUT2D eigenvalue weighted by atomic mass is 79.9. The van der Waals surface area contributed by atoms with Crippen LogP contribution in [0.1, 0.15) is 35.2 Å². The third-order valence-electron chi connectivity index (χ3n) is 7.41. The Hall–Kier alpha value is -4.72. The molecule has 0 unspecified atom stereocenters. The third kappa shape index (κ3) is 6.80. The Morgan fingerprint density at radius 3 is 2.33 bits per heavy atom. The summed E-state index contributed by atoms with van der Waals surface area (Å²) in [6.07, 6.45) is 1.72. The molecule has 1 aromatic heterocycles. The molecule has 1 atom stereocenters. The van der Waals surface area contributed by atoms with E-state index in [0.717, 1.165) is 5.56 Å². The molecule has 0 saturated carbocycles. The number of carbonyl (C=O) groups is 1. The first-order valence-corrected chi connectivity index (χ1v) is 16.9. The van der Waals surface area contributed by atoms with Crippen LogP contribution in [-0.2, 0) is 16.1 Å². The van der Waals surface area contributed by atoms with Gasteiger partial charge in [-0.25, -0.2) is 14.2 Å². The number of thiazole rings is 1. The van der Waals surface area contributed by atoms with Gasteiger partial charge in [-0.2, -0.15) is 0 Å². The molecule has 0 aliphatic carbocycles. The molecule has 0 radical (unpaired) electrons. The first-order valence-electron chi connectivity index (χ1n) is 14.5. The number of nitrogens with zero attached hydrogens (tertiary/aromatic N) is 3. The van der Waals surface area contributed by atoms with E-state index in [4.69, 9.17) is 14.5 Å². The Kier molecular flexibility index (Phi) is 9.81. The summed E-state index contributed by atoms with van der Waals surface area (Å²) in [6.45, 7) is 1.98. The second kappa shape index (κ2) is 14.2. The predicted octanol–water partition coefficient (Wildman–Crippen LogP) is 7.09. The van der Waals surface area contributed by atoms with Crippen molar-refractivity contribution in [2.45, 2.75) is 19.6 Å². The number of nitro groups is 1. The number of benzene rings is 4. The van der Waals surface area contributed by atoms with Crippen LogP contribution in [0.3, 0.4) is 0 Å². The minimum atomic E-state index is -0.924. The molecule has 1 aliphatic rings. The first kappa shape index (κ1) is 33.2. The molecule has 9 nitrogen and oxygen atoms in total. The molecular weight excluding hydrogens is 769 g/mol. The lowest BCUT2D eigenvalue weighted by molar-refractivity contribution is -0.384. The fourth-order valence-electron chi connectivity index (χ4n) is 5.22. The van der Waals surface area contributed by atoms with E-state index < -0.39 is 22.8 Å².